The van der Waals surface area contributed by atoms with Crippen LogP contribution in [0.5, 0.6) is 0 Å². The lowest BCUT2D eigenvalue weighted by Gasteiger charge is -2.08. The van der Waals surface area contributed by atoms with E-state index < -0.39 is 0 Å². The van der Waals surface area contributed by atoms with E-state index in [0.717, 1.165) is 19.5 Å². The molecule has 0 aromatic rings. The van der Waals surface area contributed by atoms with Gasteiger partial charge in [-0.15, -0.1) is 0 Å². The molecule has 0 heterocycles. The average Bonchev–Trinajstić information content (AvgIpc) is 1.85. The van der Waals surface area contributed by atoms with Crippen molar-refractivity contribution in [2.24, 2.45) is 5.73 Å². The maximum Gasteiger partial charge on any atom is 0.163 e. The van der Waals surface area contributed by atoms with Gasteiger partial charge in [-0.1, -0.05) is 0 Å². The van der Waals surface area contributed by atoms with Gasteiger partial charge in [0.05, 0.1) is 0 Å². The van der Waals surface area contributed by atoms with Crippen molar-refractivity contribution in [2.45, 2.75) is 12.8 Å². The van der Waals surface area contributed by atoms with Gasteiger partial charge in [0, 0.05) is 6.54 Å². The zero-order chi connectivity index (χ0) is 8.69. The Labute approximate surface area is 73.9 Å². The molecule has 0 fully saturated rings. The third kappa shape index (κ3) is 9.65. The van der Waals surface area contributed by atoms with Crippen LogP contribution in [-0.2, 0) is 0 Å². The van der Waals surface area contributed by atoms with Crippen molar-refractivity contribution in [1.82, 2.24) is 10.2 Å². The number of thiocarbonyl (C=S) groups is 1. The summed E-state index contributed by atoms with van der Waals surface area (Å²) in [5.74, 6) is 0. The fraction of sp³-hybridized carbons (Fsp3) is 0.857. The fourth-order valence-electron chi connectivity index (χ4n) is 0.765. The zero-order valence-electron chi connectivity index (χ0n) is 7.26. The Kier molecular flexibility index (Phi) is 6.16. The van der Waals surface area contributed by atoms with Crippen molar-refractivity contribution in [3.05, 3.63) is 0 Å². The number of unbranched alkanes of at least 4 members (excludes halogenated alkanes) is 1. The molecule has 0 amide bonds. The van der Waals surface area contributed by atoms with E-state index in [-0.39, 0.29) is 0 Å². The molecule has 3 N–H and O–H groups in total. The van der Waals surface area contributed by atoms with Crippen molar-refractivity contribution < 1.29 is 0 Å². The van der Waals surface area contributed by atoms with E-state index in [1.165, 1.54) is 6.42 Å². The molecule has 0 radical (unpaired) electrons. The van der Waals surface area contributed by atoms with E-state index >= 15 is 0 Å². The number of nitrogens with zero attached hydrogens (tertiary/aromatic N) is 1. The van der Waals surface area contributed by atoms with Crippen LogP contribution in [0.15, 0.2) is 0 Å². The summed E-state index contributed by atoms with van der Waals surface area (Å²) < 4.78 is 0. The van der Waals surface area contributed by atoms with Gasteiger partial charge < -0.3 is 16.0 Å². The molecule has 0 spiro atoms. The van der Waals surface area contributed by atoms with Gasteiger partial charge in [0.2, 0.25) is 0 Å². The van der Waals surface area contributed by atoms with Gasteiger partial charge in [-0.25, -0.2) is 0 Å². The highest BCUT2D eigenvalue weighted by Gasteiger charge is 1.90. The highest BCUT2D eigenvalue weighted by Crippen LogP contribution is 1.88. The first kappa shape index (κ1) is 10.7. The summed E-state index contributed by atoms with van der Waals surface area (Å²) in [6, 6.07) is 0. The van der Waals surface area contributed by atoms with Crippen molar-refractivity contribution in [1.29, 1.82) is 0 Å². The second-order valence-electron chi connectivity index (χ2n) is 2.80. The first-order valence-electron chi connectivity index (χ1n) is 3.81. The van der Waals surface area contributed by atoms with Crippen molar-refractivity contribution >= 4 is 17.3 Å². The van der Waals surface area contributed by atoms with Gasteiger partial charge in [-0.3, -0.25) is 0 Å². The molecule has 66 valence electrons. The van der Waals surface area contributed by atoms with E-state index in [0.29, 0.717) is 5.11 Å². The van der Waals surface area contributed by atoms with Gasteiger partial charge >= 0.3 is 0 Å². The summed E-state index contributed by atoms with van der Waals surface area (Å²) >= 11 is 4.65. The Morgan fingerprint density at radius 1 is 1.45 bits per heavy atom. The molecule has 11 heavy (non-hydrogen) atoms. The highest BCUT2D eigenvalue weighted by atomic mass is 32.1. The molecule has 4 heteroatoms. The number of hydrogen-bond donors (Lipinski definition) is 2. The Balaban J connectivity index is 2.97. The lowest BCUT2D eigenvalue weighted by atomic mass is 10.3. The minimum Gasteiger partial charge on any atom is -0.376 e. The lowest BCUT2D eigenvalue weighted by Crippen LogP contribution is -2.30. The van der Waals surface area contributed by atoms with Crippen LogP contribution in [0.4, 0.5) is 0 Å². The molecule has 0 unspecified atom stereocenters. The minimum absolute atomic E-state index is 0.398. The second-order valence-corrected chi connectivity index (χ2v) is 3.24. The Morgan fingerprint density at radius 3 is 2.55 bits per heavy atom. The molecule has 0 aliphatic heterocycles. The molecular formula is C7H17N3S. The zero-order valence-corrected chi connectivity index (χ0v) is 8.08. The molecule has 0 aromatic heterocycles. The fourth-order valence-corrected chi connectivity index (χ4v) is 0.867. The lowest BCUT2D eigenvalue weighted by molar-refractivity contribution is 0.394. The Morgan fingerprint density at radius 2 is 2.09 bits per heavy atom. The van der Waals surface area contributed by atoms with E-state index in [9.17, 15) is 0 Å². The van der Waals surface area contributed by atoms with Gasteiger partial charge in [-0.2, -0.15) is 0 Å². The molecule has 0 saturated heterocycles. The molecule has 3 nitrogen and oxygen atoms in total. The number of rotatable bonds is 5. The summed E-state index contributed by atoms with van der Waals surface area (Å²) in [5.41, 5.74) is 5.24. The summed E-state index contributed by atoms with van der Waals surface area (Å²) in [7, 11) is 4.14. The van der Waals surface area contributed by atoms with Crippen LogP contribution in [-0.4, -0.2) is 37.2 Å². The largest absolute Gasteiger partial charge is 0.376 e. The van der Waals surface area contributed by atoms with Crippen LogP contribution in [0.25, 0.3) is 0 Å². The number of hydrogen-bond acceptors (Lipinski definition) is 2. The molecule has 0 aliphatic rings. The predicted octanol–water partition coefficient (Wildman–Crippen LogP) is 0.161. The topological polar surface area (TPSA) is 41.3 Å². The third-order valence-corrected chi connectivity index (χ3v) is 1.48. The predicted molar refractivity (Wildman–Crippen MR) is 52.6 cm³/mol. The summed E-state index contributed by atoms with van der Waals surface area (Å²) in [6.07, 6.45) is 2.30. The normalized spacial score (nSPS) is 10.1. The van der Waals surface area contributed by atoms with Gasteiger partial charge in [0.1, 0.15) is 0 Å². The number of nitrogens with one attached hydrogen (secondary N) is 1. The minimum atomic E-state index is 0.398. The first-order valence-corrected chi connectivity index (χ1v) is 4.22. The van der Waals surface area contributed by atoms with E-state index in [1.807, 2.05) is 0 Å². The maximum absolute atomic E-state index is 5.24. The maximum atomic E-state index is 5.24. The summed E-state index contributed by atoms with van der Waals surface area (Å²) in [5, 5.41) is 3.31. The first-order chi connectivity index (χ1) is 5.13. The van der Waals surface area contributed by atoms with Gasteiger partial charge in [0.25, 0.3) is 0 Å². The van der Waals surface area contributed by atoms with Crippen LogP contribution >= 0.6 is 12.2 Å². The monoisotopic (exact) mass is 175 g/mol. The van der Waals surface area contributed by atoms with E-state index in [1.54, 1.807) is 0 Å². The number of nitrogens with two attached hydrogens (primary N) is 1. The quantitative estimate of drug-likeness (QED) is 0.461. The SMILES string of the molecule is CN(C)CCCCNC(N)=S. The third-order valence-electron chi connectivity index (χ3n) is 1.33. The van der Waals surface area contributed by atoms with Crippen LogP contribution in [0.1, 0.15) is 12.8 Å². The van der Waals surface area contributed by atoms with Crippen LogP contribution in [0.3, 0.4) is 0 Å². The summed E-state index contributed by atoms with van der Waals surface area (Å²) in [4.78, 5) is 2.17. The summed E-state index contributed by atoms with van der Waals surface area (Å²) in [6.45, 7) is 2.02. The standard InChI is InChI=1S/C7H17N3S/c1-10(2)6-4-3-5-9-7(8)11/h3-6H2,1-2H3,(H3,8,9,11). The van der Waals surface area contributed by atoms with Gasteiger partial charge in [-0.05, 0) is 45.7 Å². The van der Waals surface area contributed by atoms with Crippen molar-refractivity contribution in [2.75, 3.05) is 27.2 Å². The Bertz CT molecular complexity index is 114. The molecule has 0 saturated carbocycles. The Hall–Kier alpha value is -0.350. The van der Waals surface area contributed by atoms with Crippen LogP contribution < -0.4 is 11.1 Å². The average molecular weight is 175 g/mol. The molecule has 0 aliphatic carbocycles. The molecule has 0 bridgehead atoms. The van der Waals surface area contributed by atoms with Crippen molar-refractivity contribution in [3.63, 3.8) is 0 Å². The van der Waals surface area contributed by atoms with E-state index in [2.05, 4.69) is 36.5 Å². The molecule has 0 atom stereocenters. The molecule has 0 aromatic carbocycles. The molecule has 0 rings (SSSR count). The van der Waals surface area contributed by atoms with Crippen LogP contribution in [0.2, 0.25) is 0 Å². The second kappa shape index (κ2) is 6.37. The van der Waals surface area contributed by atoms with Gasteiger partial charge in [0.15, 0.2) is 5.11 Å². The van der Waals surface area contributed by atoms with Crippen LogP contribution in [0, 0.1) is 0 Å². The molecular weight excluding hydrogens is 158 g/mol. The van der Waals surface area contributed by atoms with Crippen molar-refractivity contribution in [3.8, 4) is 0 Å². The smallest absolute Gasteiger partial charge is 0.163 e. The highest BCUT2D eigenvalue weighted by molar-refractivity contribution is 7.80. The van der Waals surface area contributed by atoms with E-state index in [4.69, 9.17) is 5.73 Å².